The number of nitrogens with two attached hydrogens (primary N) is 1. The van der Waals surface area contributed by atoms with Gasteiger partial charge in [-0.3, -0.25) is 0 Å². The molecule has 0 atom stereocenters. The van der Waals surface area contributed by atoms with Crippen LogP contribution in [0.15, 0.2) is 45.4 Å². The standard InChI is InChI=1S/C22H22N4O3/c1-13-18(14(2)28-25-13)12-27-19-11-16-7-4-3-6-15(16)10-17(19)20-24-21(26-29-20)22(23)8-5-9-22/h3-4,6-7,10-11H,5,8-9,12,23H2,1-2H3. The van der Waals surface area contributed by atoms with Crippen molar-refractivity contribution in [3.63, 3.8) is 0 Å². The predicted molar refractivity (Wildman–Crippen MR) is 107 cm³/mol. The SMILES string of the molecule is Cc1noc(C)c1COc1cc2ccccc2cc1-c1nc(C2(N)CCC2)no1. The number of rotatable bonds is 5. The Morgan fingerprint density at radius 2 is 1.83 bits per heavy atom. The lowest BCUT2D eigenvalue weighted by molar-refractivity contribution is 0.229. The number of ether oxygens (including phenoxy) is 1. The highest BCUT2D eigenvalue weighted by Crippen LogP contribution is 2.39. The third-order valence-corrected chi connectivity index (χ3v) is 5.75. The van der Waals surface area contributed by atoms with E-state index in [1.807, 2.05) is 50.2 Å². The molecule has 1 fully saturated rings. The van der Waals surface area contributed by atoms with Gasteiger partial charge in [-0.2, -0.15) is 4.98 Å². The van der Waals surface area contributed by atoms with E-state index in [9.17, 15) is 0 Å². The number of fused-ring (bicyclic) bond motifs is 1. The zero-order chi connectivity index (χ0) is 20.0. The maximum atomic E-state index is 6.37. The van der Waals surface area contributed by atoms with Crippen LogP contribution in [0.25, 0.3) is 22.2 Å². The molecule has 7 nitrogen and oxygen atoms in total. The first-order chi connectivity index (χ1) is 14.0. The van der Waals surface area contributed by atoms with Crippen LogP contribution in [-0.2, 0) is 12.1 Å². The molecule has 0 radical (unpaired) electrons. The summed E-state index contributed by atoms with van der Waals surface area (Å²) < 4.78 is 17.0. The monoisotopic (exact) mass is 390 g/mol. The molecule has 2 N–H and O–H groups in total. The maximum Gasteiger partial charge on any atom is 0.261 e. The van der Waals surface area contributed by atoms with Gasteiger partial charge in [-0.1, -0.05) is 34.6 Å². The number of hydrogen-bond donors (Lipinski definition) is 1. The van der Waals surface area contributed by atoms with Gasteiger partial charge in [0, 0.05) is 0 Å². The molecule has 2 heterocycles. The van der Waals surface area contributed by atoms with Crippen LogP contribution in [0.5, 0.6) is 5.75 Å². The molecule has 1 aliphatic carbocycles. The molecule has 0 spiro atoms. The first kappa shape index (κ1) is 17.9. The van der Waals surface area contributed by atoms with Crippen LogP contribution in [0.3, 0.4) is 0 Å². The Labute approximate surface area is 167 Å². The van der Waals surface area contributed by atoms with Crippen molar-refractivity contribution < 1.29 is 13.8 Å². The van der Waals surface area contributed by atoms with E-state index in [4.69, 9.17) is 19.5 Å². The first-order valence-corrected chi connectivity index (χ1v) is 9.74. The van der Waals surface area contributed by atoms with Crippen molar-refractivity contribution in [3.05, 3.63) is 59.2 Å². The van der Waals surface area contributed by atoms with Gasteiger partial charge in [0.15, 0.2) is 5.82 Å². The maximum absolute atomic E-state index is 6.37. The third kappa shape index (κ3) is 3.07. The average molecular weight is 390 g/mol. The minimum Gasteiger partial charge on any atom is -0.488 e. The third-order valence-electron chi connectivity index (χ3n) is 5.75. The van der Waals surface area contributed by atoms with Gasteiger partial charge < -0.3 is 19.5 Å². The lowest BCUT2D eigenvalue weighted by Crippen LogP contribution is -2.44. The number of nitrogens with zero attached hydrogens (tertiary/aromatic N) is 3. The van der Waals surface area contributed by atoms with Crippen LogP contribution >= 0.6 is 0 Å². The summed E-state index contributed by atoms with van der Waals surface area (Å²) in [5.41, 5.74) is 8.39. The van der Waals surface area contributed by atoms with Gasteiger partial charge in [0.2, 0.25) is 0 Å². The topological polar surface area (TPSA) is 100 Å². The van der Waals surface area contributed by atoms with E-state index in [1.54, 1.807) is 0 Å². The quantitative estimate of drug-likeness (QED) is 0.538. The second-order valence-electron chi connectivity index (χ2n) is 7.72. The number of aryl methyl sites for hydroxylation is 2. The predicted octanol–water partition coefficient (Wildman–Crippen LogP) is 4.41. The van der Waals surface area contributed by atoms with E-state index in [0.717, 1.165) is 52.6 Å². The van der Waals surface area contributed by atoms with Gasteiger partial charge in [-0.25, -0.2) is 0 Å². The van der Waals surface area contributed by atoms with Crippen molar-refractivity contribution in [2.75, 3.05) is 0 Å². The zero-order valence-corrected chi connectivity index (χ0v) is 16.4. The van der Waals surface area contributed by atoms with Crippen LogP contribution in [0.2, 0.25) is 0 Å². The molecular formula is C22H22N4O3. The molecule has 1 aliphatic rings. The fourth-order valence-electron chi connectivity index (χ4n) is 3.68. The fraction of sp³-hybridized carbons (Fsp3) is 0.318. The highest BCUT2D eigenvalue weighted by molar-refractivity contribution is 5.89. The first-order valence-electron chi connectivity index (χ1n) is 9.74. The van der Waals surface area contributed by atoms with Gasteiger partial charge in [0.1, 0.15) is 18.1 Å². The molecule has 5 rings (SSSR count). The molecule has 29 heavy (non-hydrogen) atoms. The summed E-state index contributed by atoms with van der Waals surface area (Å²) in [7, 11) is 0. The van der Waals surface area contributed by atoms with Crippen LogP contribution < -0.4 is 10.5 Å². The molecule has 7 heteroatoms. The second-order valence-corrected chi connectivity index (χ2v) is 7.72. The summed E-state index contributed by atoms with van der Waals surface area (Å²) in [5.74, 6) is 2.39. The summed E-state index contributed by atoms with van der Waals surface area (Å²) in [4.78, 5) is 4.61. The average Bonchev–Trinajstić information content (AvgIpc) is 3.31. The van der Waals surface area contributed by atoms with Gasteiger partial charge in [0.25, 0.3) is 5.89 Å². The molecule has 2 aromatic carbocycles. The van der Waals surface area contributed by atoms with Crippen LogP contribution in [-0.4, -0.2) is 15.3 Å². The van der Waals surface area contributed by atoms with Crippen LogP contribution in [0, 0.1) is 13.8 Å². The Kier molecular flexibility index (Phi) is 4.13. The van der Waals surface area contributed by atoms with Gasteiger partial charge in [-0.05, 0) is 56.0 Å². The molecule has 148 valence electrons. The minimum absolute atomic E-state index is 0.342. The van der Waals surface area contributed by atoms with E-state index < -0.39 is 5.54 Å². The Bertz CT molecular complexity index is 1170. The van der Waals surface area contributed by atoms with Gasteiger partial charge >= 0.3 is 0 Å². The van der Waals surface area contributed by atoms with Crippen molar-refractivity contribution in [2.24, 2.45) is 5.73 Å². The Hall–Kier alpha value is -3.19. The van der Waals surface area contributed by atoms with Gasteiger partial charge in [-0.15, -0.1) is 0 Å². The molecule has 0 saturated heterocycles. The summed E-state index contributed by atoms with van der Waals surface area (Å²) in [5, 5.41) is 10.3. The number of hydrogen-bond acceptors (Lipinski definition) is 7. The highest BCUT2D eigenvalue weighted by atomic mass is 16.5. The van der Waals surface area contributed by atoms with Gasteiger partial charge in [0.05, 0.1) is 22.4 Å². The fourth-order valence-corrected chi connectivity index (χ4v) is 3.68. The highest BCUT2D eigenvalue weighted by Gasteiger charge is 2.39. The molecule has 4 aromatic rings. The summed E-state index contributed by atoms with van der Waals surface area (Å²) in [6, 6.07) is 12.1. The molecule has 0 amide bonds. The smallest absolute Gasteiger partial charge is 0.261 e. The summed E-state index contributed by atoms with van der Waals surface area (Å²) in [6.07, 6.45) is 2.83. The zero-order valence-electron chi connectivity index (χ0n) is 16.4. The van der Waals surface area contributed by atoms with Crippen molar-refractivity contribution in [1.29, 1.82) is 0 Å². The van der Waals surface area contributed by atoms with E-state index in [-0.39, 0.29) is 0 Å². The molecule has 2 aromatic heterocycles. The van der Waals surface area contributed by atoms with Crippen molar-refractivity contribution in [3.8, 4) is 17.2 Å². The lowest BCUT2D eigenvalue weighted by atomic mass is 9.77. The molecular weight excluding hydrogens is 368 g/mol. The van der Waals surface area contributed by atoms with Crippen LogP contribution in [0.1, 0.15) is 42.1 Å². The normalized spacial score (nSPS) is 15.4. The van der Waals surface area contributed by atoms with E-state index in [2.05, 4.69) is 15.3 Å². The Morgan fingerprint density at radius 1 is 1.07 bits per heavy atom. The van der Waals surface area contributed by atoms with E-state index >= 15 is 0 Å². The summed E-state index contributed by atoms with van der Waals surface area (Å²) in [6.45, 7) is 4.12. The van der Waals surface area contributed by atoms with Crippen LogP contribution in [0.4, 0.5) is 0 Å². The minimum atomic E-state index is -0.476. The number of benzene rings is 2. The summed E-state index contributed by atoms with van der Waals surface area (Å²) >= 11 is 0. The van der Waals surface area contributed by atoms with E-state index in [1.165, 1.54) is 0 Å². The Morgan fingerprint density at radius 3 is 2.48 bits per heavy atom. The number of aromatic nitrogens is 3. The molecule has 0 bridgehead atoms. The van der Waals surface area contributed by atoms with Crippen molar-refractivity contribution >= 4 is 10.8 Å². The second kappa shape index (κ2) is 6.70. The lowest BCUT2D eigenvalue weighted by Gasteiger charge is -2.34. The van der Waals surface area contributed by atoms with E-state index in [0.29, 0.717) is 24.1 Å². The van der Waals surface area contributed by atoms with Crippen molar-refractivity contribution in [1.82, 2.24) is 15.3 Å². The largest absolute Gasteiger partial charge is 0.488 e. The Balaban J connectivity index is 1.55. The van der Waals surface area contributed by atoms with Crippen molar-refractivity contribution in [2.45, 2.75) is 45.3 Å². The molecule has 0 aliphatic heterocycles. The molecule has 1 saturated carbocycles. The molecule has 0 unspecified atom stereocenters.